The Kier molecular flexibility index (Phi) is 4.57. The maximum Gasteiger partial charge on any atom is 0.259 e. The summed E-state index contributed by atoms with van der Waals surface area (Å²) in [4.78, 5) is 22.6. The van der Waals surface area contributed by atoms with Crippen molar-refractivity contribution in [2.24, 2.45) is 0 Å². The molecule has 1 aliphatic carbocycles. The Labute approximate surface area is 155 Å². The van der Waals surface area contributed by atoms with Crippen molar-refractivity contribution in [3.63, 3.8) is 0 Å². The van der Waals surface area contributed by atoms with E-state index in [9.17, 15) is 4.79 Å². The molecule has 1 aromatic heterocycles. The molecule has 0 atom stereocenters. The molecular weight excluding hydrogens is 324 g/mol. The van der Waals surface area contributed by atoms with Crippen molar-refractivity contribution >= 4 is 11.6 Å². The number of aryl methyl sites for hydroxylation is 2. The third-order valence-corrected chi connectivity index (χ3v) is 5.88. The third kappa shape index (κ3) is 2.94. The molecule has 0 spiro atoms. The van der Waals surface area contributed by atoms with Crippen molar-refractivity contribution in [2.45, 2.75) is 65.6 Å². The summed E-state index contributed by atoms with van der Waals surface area (Å²) in [6.45, 7) is 7.54. The zero-order valence-electron chi connectivity index (χ0n) is 16.0. The van der Waals surface area contributed by atoms with E-state index >= 15 is 0 Å². The maximum absolute atomic E-state index is 13.1. The molecule has 138 valence electrons. The summed E-state index contributed by atoms with van der Waals surface area (Å²) in [7, 11) is 0. The van der Waals surface area contributed by atoms with Gasteiger partial charge in [-0.05, 0) is 45.2 Å². The molecule has 2 aromatic rings. The van der Waals surface area contributed by atoms with Gasteiger partial charge in [-0.15, -0.1) is 0 Å². The first-order valence-electron chi connectivity index (χ1n) is 9.77. The molecule has 0 amide bonds. The van der Waals surface area contributed by atoms with Crippen LogP contribution in [0.3, 0.4) is 0 Å². The molecule has 0 unspecified atom stereocenters. The maximum atomic E-state index is 13.1. The first-order valence-corrected chi connectivity index (χ1v) is 9.77. The minimum atomic E-state index is 0.120. The van der Waals surface area contributed by atoms with Gasteiger partial charge in [0.05, 0.1) is 13.3 Å². The lowest BCUT2D eigenvalue weighted by atomic mass is 10.1. The fourth-order valence-corrected chi connectivity index (χ4v) is 4.32. The third-order valence-electron chi connectivity index (χ3n) is 5.88. The van der Waals surface area contributed by atoms with Crippen molar-refractivity contribution < 1.29 is 0 Å². The molecular formula is C21H28N4O. The Balaban J connectivity index is 1.83. The smallest absolute Gasteiger partial charge is 0.259 e. The van der Waals surface area contributed by atoms with E-state index in [2.05, 4.69) is 41.0 Å². The van der Waals surface area contributed by atoms with Crippen molar-refractivity contribution in [2.75, 3.05) is 11.6 Å². The molecule has 5 nitrogen and oxygen atoms in total. The first kappa shape index (κ1) is 17.3. The number of aromatic nitrogens is 2. The highest BCUT2D eigenvalue weighted by molar-refractivity contribution is 5.58. The van der Waals surface area contributed by atoms with Gasteiger partial charge in [0.2, 0.25) is 5.95 Å². The van der Waals surface area contributed by atoms with Gasteiger partial charge in [-0.3, -0.25) is 19.2 Å². The largest absolute Gasteiger partial charge is 0.298 e. The lowest BCUT2D eigenvalue weighted by molar-refractivity contribution is 0.138. The number of hydrogen-bond acceptors (Lipinski definition) is 4. The Hall–Kier alpha value is -2.14. The quantitative estimate of drug-likeness (QED) is 0.844. The zero-order chi connectivity index (χ0) is 18.3. The van der Waals surface area contributed by atoms with E-state index in [4.69, 9.17) is 4.98 Å². The average molecular weight is 352 g/mol. The Morgan fingerprint density at radius 3 is 2.42 bits per heavy atom. The predicted octanol–water partition coefficient (Wildman–Crippen LogP) is 3.73. The number of fused-ring (bicyclic) bond motifs is 1. The fourth-order valence-electron chi connectivity index (χ4n) is 4.32. The number of rotatable bonds is 3. The predicted molar refractivity (Wildman–Crippen MR) is 105 cm³/mol. The molecule has 0 N–H and O–H groups in total. The Morgan fingerprint density at radius 2 is 1.77 bits per heavy atom. The standard InChI is InChI=1S/C21H28N4O/c1-4-19-16(3)22-21-24(18-11-9-15(2)10-12-18)13-23(14-25(21)20(19)26)17-7-5-6-8-17/h9-12,17H,4-8,13-14H2,1-3H3. The van der Waals surface area contributed by atoms with Gasteiger partial charge >= 0.3 is 0 Å². The van der Waals surface area contributed by atoms with Gasteiger partial charge < -0.3 is 0 Å². The minimum Gasteiger partial charge on any atom is -0.298 e. The lowest BCUT2D eigenvalue weighted by Gasteiger charge is -2.41. The van der Waals surface area contributed by atoms with Crippen LogP contribution >= 0.6 is 0 Å². The fraction of sp³-hybridized carbons (Fsp3) is 0.524. The van der Waals surface area contributed by atoms with Crippen molar-refractivity contribution in [1.82, 2.24) is 14.5 Å². The van der Waals surface area contributed by atoms with E-state index in [1.54, 1.807) is 0 Å². The molecule has 1 aliphatic heterocycles. The summed E-state index contributed by atoms with van der Waals surface area (Å²) < 4.78 is 1.88. The van der Waals surface area contributed by atoms with Crippen molar-refractivity contribution in [1.29, 1.82) is 0 Å². The van der Waals surface area contributed by atoms with Crippen LogP contribution in [0.1, 0.15) is 49.4 Å². The number of anilines is 2. The molecule has 1 saturated carbocycles. The highest BCUT2D eigenvalue weighted by Gasteiger charge is 2.32. The second-order valence-electron chi connectivity index (χ2n) is 7.64. The molecule has 4 rings (SSSR count). The molecule has 2 heterocycles. The second-order valence-corrected chi connectivity index (χ2v) is 7.64. The van der Waals surface area contributed by atoms with Gasteiger partial charge in [-0.1, -0.05) is 37.5 Å². The molecule has 26 heavy (non-hydrogen) atoms. The normalized spacial score (nSPS) is 18.3. The summed E-state index contributed by atoms with van der Waals surface area (Å²) in [6, 6.07) is 9.08. The van der Waals surface area contributed by atoms with E-state index in [0.29, 0.717) is 12.7 Å². The summed E-state index contributed by atoms with van der Waals surface area (Å²) >= 11 is 0. The average Bonchev–Trinajstić information content (AvgIpc) is 3.17. The van der Waals surface area contributed by atoms with Crippen molar-refractivity contribution in [3.8, 4) is 0 Å². The second kappa shape index (κ2) is 6.88. The highest BCUT2D eigenvalue weighted by atomic mass is 16.1. The molecule has 1 fully saturated rings. The summed E-state index contributed by atoms with van der Waals surface area (Å²) in [5, 5.41) is 0. The number of nitrogens with zero attached hydrogens (tertiary/aromatic N) is 4. The van der Waals surface area contributed by atoms with Crippen LogP contribution in [-0.2, 0) is 13.1 Å². The molecule has 0 bridgehead atoms. The van der Waals surface area contributed by atoms with Crippen LogP contribution in [0.2, 0.25) is 0 Å². The van der Waals surface area contributed by atoms with E-state index in [-0.39, 0.29) is 5.56 Å². The number of hydrogen-bond donors (Lipinski definition) is 0. The minimum absolute atomic E-state index is 0.120. The first-order chi connectivity index (χ1) is 12.6. The van der Waals surface area contributed by atoms with E-state index < -0.39 is 0 Å². The number of benzene rings is 1. The Morgan fingerprint density at radius 1 is 1.08 bits per heavy atom. The van der Waals surface area contributed by atoms with E-state index in [0.717, 1.165) is 36.0 Å². The monoisotopic (exact) mass is 352 g/mol. The van der Waals surface area contributed by atoms with Crippen molar-refractivity contribution in [3.05, 3.63) is 51.4 Å². The van der Waals surface area contributed by atoms with Crippen LogP contribution < -0.4 is 10.5 Å². The summed E-state index contributed by atoms with van der Waals surface area (Å²) in [6.07, 6.45) is 5.77. The lowest BCUT2D eigenvalue weighted by Crippen LogP contribution is -2.51. The zero-order valence-corrected chi connectivity index (χ0v) is 16.0. The van der Waals surface area contributed by atoms with Gasteiger partial charge in [0.25, 0.3) is 5.56 Å². The van der Waals surface area contributed by atoms with Gasteiger partial charge in [-0.25, -0.2) is 4.98 Å². The van der Waals surface area contributed by atoms with Crippen LogP contribution in [0.4, 0.5) is 11.6 Å². The highest BCUT2D eigenvalue weighted by Crippen LogP contribution is 2.32. The van der Waals surface area contributed by atoms with Gasteiger partial charge in [0.1, 0.15) is 0 Å². The van der Waals surface area contributed by atoms with Crippen LogP contribution in [0.15, 0.2) is 29.1 Å². The van der Waals surface area contributed by atoms with E-state index in [1.165, 1.54) is 31.2 Å². The topological polar surface area (TPSA) is 41.4 Å². The summed E-state index contributed by atoms with van der Waals surface area (Å²) in [5.41, 5.74) is 4.15. The summed E-state index contributed by atoms with van der Waals surface area (Å²) in [5.74, 6) is 0.780. The molecule has 1 aromatic carbocycles. The molecule has 2 aliphatic rings. The van der Waals surface area contributed by atoms with Gasteiger partial charge in [0, 0.05) is 23.0 Å². The van der Waals surface area contributed by atoms with Crippen LogP contribution in [0, 0.1) is 13.8 Å². The van der Waals surface area contributed by atoms with Crippen LogP contribution in [0.5, 0.6) is 0 Å². The van der Waals surface area contributed by atoms with Crippen LogP contribution in [-0.4, -0.2) is 27.2 Å². The van der Waals surface area contributed by atoms with E-state index in [1.807, 2.05) is 18.4 Å². The molecule has 0 radical (unpaired) electrons. The van der Waals surface area contributed by atoms with Crippen LogP contribution in [0.25, 0.3) is 0 Å². The van der Waals surface area contributed by atoms with Gasteiger partial charge in [-0.2, -0.15) is 0 Å². The SMILES string of the molecule is CCc1c(C)nc2n(c1=O)CN(C1CCCC1)CN2c1ccc(C)cc1. The van der Waals surface area contributed by atoms with Gasteiger partial charge in [0.15, 0.2) is 0 Å². The molecule has 5 heteroatoms. The molecule has 0 saturated heterocycles. The Bertz CT molecular complexity index is 850.